The van der Waals surface area contributed by atoms with Gasteiger partial charge in [0.1, 0.15) is 0 Å². The summed E-state index contributed by atoms with van der Waals surface area (Å²) < 4.78 is 4.90. The Kier molecular flexibility index (Phi) is 14.9. The Labute approximate surface area is 114 Å². The van der Waals surface area contributed by atoms with Crippen LogP contribution in [0.2, 0.25) is 0 Å². The molecule has 1 unspecified atom stereocenters. The maximum absolute atomic E-state index is 9.47. The van der Waals surface area contributed by atoms with Gasteiger partial charge in [0.15, 0.2) is 0 Å². The van der Waals surface area contributed by atoms with Crippen LogP contribution in [-0.2, 0) is 4.74 Å². The molecule has 0 aliphatic heterocycles. The first-order valence-electron chi connectivity index (χ1n) is 7.98. The quantitative estimate of drug-likeness (QED) is 0.458. The Hall–Kier alpha value is -0.0800. The third kappa shape index (κ3) is 14.0. The van der Waals surface area contributed by atoms with Crippen molar-refractivity contribution < 1.29 is 9.84 Å². The van der Waals surface area contributed by atoms with Crippen molar-refractivity contribution in [1.29, 1.82) is 0 Å². The smallest absolute Gasteiger partial charge is 0.0773 e. The van der Waals surface area contributed by atoms with E-state index in [0.717, 1.165) is 12.8 Å². The van der Waals surface area contributed by atoms with Gasteiger partial charge in [-0.3, -0.25) is 0 Å². The van der Waals surface area contributed by atoms with Gasteiger partial charge in [-0.15, -0.1) is 0 Å². The van der Waals surface area contributed by atoms with Gasteiger partial charge in [-0.2, -0.15) is 0 Å². The number of unbranched alkanes of at least 4 members (excludes halogenated alkanes) is 10. The topological polar surface area (TPSA) is 29.5 Å². The fourth-order valence-corrected chi connectivity index (χ4v) is 2.32. The molecule has 0 aromatic carbocycles. The van der Waals surface area contributed by atoms with Crippen LogP contribution in [0.1, 0.15) is 84.0 Å². The van der Waals surface area contributed by atoms with Gasteiger partial charge in [0, 0.05) is 7.11 Å². The lowest BCUT2D eigenvalue weighted by atomic mass is 10.0. The average Bonchev–Trinajstić information content (AvgIpc) is 2.36. The van der Waals surface area contributed by atoms with E-state index in [1.54, 1.807) is 7.11 Å². The van der Waals surface area contributed by atoms with Gasteiger partial charge in [0.25, 0.3) is 0 Å². The van der Waals surface area contributed by atoms with Crippen molar-refractivity contribution in [3.05, 3.63) is 0 Å². The zero-order valence-electron chi connectivity index (χ0n) is 12.6. The Morgan fingerprint density at radius 2 is 1.22 bits per heavy atom. The predicted molar refractivity (Wildman–Crippen MR) is 79.0 cm³/mol. The molecule has 0 radical (unpaired) electrons. The lowest BCUT2D eigenvalue weighted by Crippen LogP contribution is -2.13. The van der Waals surface area contributed by atoms with Crippen LogP contribution in [-0.4, -0.2) is 24.9 Å². The minimum absolute atomic E-state index is 0.256. The Balaban J connectivity index is 2.98. The van der Waals surface area contributed by atoms with E-state index in [1.165, 1.54) is 64.2 Å². The van der Waals surface area contributed by atoms with E-state index in [4.69, 9.17) is 4.74 Å². The van der Waals surface area contributed by atoms with Crippen molar-refractivity contribution in [2.45, 2.75) is 90.1 Å². The van der Waals surface area contributed by atoms with Crippen LogP contribution in [0.5, 0.6) is 0 Å². The Bertz CT molecular complexity index is 148. The van der Waals surface area contributed by atoms with Crippen LogP contribution >= 0.6 is 0 Å². The minimum Gasteiger partial charge on any atom is -0.391 e. The Morgan fingerprint density at radius 3 is 1.67 bits per heavy atom. The number of hydrogen-bond donors (Lipinski definition) is 1. The highest BCUT2D eigenvalue weighted by atomic mass is 16.5. The molecule has 0 amide bonds. The predicted octanol–water partition coefficient (Wildman–Crippen LogP) is 4.69. The number of rotatable bonds is 14. The van der Waals surface area contributed by atoms with E-state index < -0.39 is 0 Å². The normalized spacial score (nSPS) is 12.8. The molecule has 110 valence electrons. The molecule has 1 atom stereocenters. The molecule has 0 rings (SSSR count). The fraction of sp³-hybridized carbons (Fsp3) is 1.00. The summed E-state index contributed by atoms with van der Waals surface area (Å²) in [6.45, 7) is 2.75. The van der Waals surface area contributed by atoms with Crippen molar-refractivity contribution in [1.82, 2.24) is 0 Å². The zero-order valence-corrected chi connectivity index (χ0v) is 12.6. The van der Waals surface area contributed by atoms with Crippen LogP contribution in [0.4, 0.5) is 0 Å². The van der Waals surface area contributed by atoms with Crippen LogP contribution in [0, 0.1) is 0 Å². The maximum Gasteiger partial charge on any atom is 0.0773 e. The fourth-order valence-electron chi connectivity index (χ4n) is 2.32. The molecular weight excluding hydrogens is 224 g/mol. The summed E-state index contributed by atoms with van der Waals surface area (Å²) in [4.78, 5) is 0. The molecule has 0 saturated heterocycles. The number of methoxy groups -OCH3 is 1. The van der Waals surface area contributed by atoms with Gasteiger partial charge >= 0.3 is 0 Å². The first kappa shape index (κ1) is 17.9. The summed E-state index contributed by atoms with van der Waals surface area (Å²) in [7, 11) is 1.64. The lowest BCUT2D eigenvalue weighted by Gasteiger charge is -2.08. The summed E-state index contributed by atoms with van der Waals surface area (Å²) in [6, 6.07) is 0. The first-order chi connectivity index (χ1) is 8.81. The molecule has 1 N–H and O–H groups in total. The van der Waals surface area contributed by atoms with Crippen molar-refractivity contribution in [3.63, 3.8) is 0 Å². The second-order valence-corrected chi connectivity index (χ2v) is 5.43. The van der Waals surface area contributed by atoms with E-state index >= 15 is 0 Å². The molecule has 0 aliphatic rings. The van der Waals surface area contributed by atoms with Gasteiger partial charge in [-0.05, 0) is 6.42 Å². The van der Waals surface area contributed by atoms with Gasteiger partial charge < -0.3 is 9.84 Å². The zero-order chi connectivity index (χ0) is 13.5. The number of aliphatic hydroxyl groups excluding tert-OH is 1. The summed E-state index contributed by atoms with van der Waals surface area (Å²) in [5.74, 6) is 0. The molecule has 0 spiro atoms. The van der Waals surface area contributed by atoms with Crippen molar-refractivity contribution >= 4 is 0 Å². The van der Waals surface area contributed by atoms with Crippen LogP contribution in [0.3, 0.4) is 0 Å². The van der Waals surface area contributed by atoms with E-state index in [9.17, 15) is 5.11 Å². The van der Waals surface area contributed by atoms with Gasteiger partial charge in [-0.25, -0.2) is 0 Å². The number of ether oxygens (including phenoxy) is 1. The van der Waals surface area contributed by atoms with Crippen molar-refractivity contribution in [2.24, 2.45) is 0 Å². The second kappa shape index (κ2) is 15.0. The molecule has 0 heterocycles. The molecule has 0 aromatic rings. The Morgan fingerprint density at radius 1 is 0.778 bits per heavy atom. The number of hydrogen-bond acceptors (Lipinski definition) is 2. The van der Waals surface area contributed by atoms with E-state index in [0.29, 0.717) is 6.61 Å². The third-order valence-corrected chi connectivity index (χ3v) is 3.50. The SMILES string of the molecule is CCCCCCCCCCCCCC(O)COC. The minimum atomic E-state index is -0.256. The highest BCUT2D eigenvalue weighted by Crippen LogP contribution is 2.12. The lowest BCUT2D eigenvalue weighted by molar-refractivity contribution is 0.0576. The van der Waals surface area contributed by atoms with Crippen LogP contribution in [0.15, 0.2) is 0 Å². The average molecular weight is 258 g/mol. The molecule has 2 nitrogen and oxygen atoms in total. The third-order valence-electron chi connectivity index (χ3n) is 3.50. The van der Waals surface area contributed by atoms with Crippen LogP contribution < -0.4 is 0 Å². The molecule has 0 bridgehead atoms. The molecule has 0 aliphatic carbocycles. The number of aliphatic hydroxyl groups is 1. The van der Waals surface area contributed by atoms with Crippen molar-refractivity contribution in [2.75, 3.05) is 13.7 Å². The van der Waals surface area contributed by atoms with E-state index in [1.807, 2.05) is 0 Å². The molecule has 0 aromatic heterocycles. The monoisotopic (exact) mass is 258 g/mol. The molecule has 0 saturated carbocycles. The van der Waals surface area contributed by atoms with Gasteiger partial charge in [0.2, 0.25) is 0 Å². The summed E-state index contributed by atoms with van der Waals surface area (Å²) >= 11 is 0. The molecule has 2 heteroatoms. The van der Waals surface area contributed by atoms with Crippen LogP contribution in [0.25, 0.3) is 0 Å². The summed E-state index contributed by atoms with van der Waals surface area (Å²) in [5.41, 5.74) is 0. The standard InChI is InChI=1S/C16H34O2/c1-3-4-5-6-7-8-9-10-11-12-13-14-16(17)15-18-2/h16-17H,3-15H2,1-2H3. The van der Waals surface area contributed by atoms with E-state index in [2.05, 4.69) is 6.92 Å². The second-order valence-electron chi connectivity index (χ2n) is 5.43. The van der Waals surface area contributed by atoms with E-state index in [-0.39, 0.29) is 6.10 Å². The summed E-state index contributed by atoms with van der Waals surface area (Å²) in [6.07, 6.45) is 15.6. The molecular formula is C16H34O2. The van der Waals surface area contributed by atoms with Crippen molar-refractivity contribution in [3.8, 4) is 0 Å². The highest BCUT2D eigenvalue weighted by Gasteiger charge is 2.02. The van der Waals surface area contributed by atoms with Gasteiger partial charge in [0.05, 0.1) is 12.7 Å². The molecule has 0 fully saturated rings. The first-order valence-corrected chi connectivity index (χ1v) is 7.98. The molecule has 18 heavy (non-hydrogen) atoms. The van der Waals surface area contributed by atoms with Gasteiger partial charge in [-0.1, -0.05) is 77.6 Å². The largest absolute Gasteiger partial charge is 0.391 e. The highest BCUT2D eigenvalue weighted by molar-refractivity contribution is 4.54. The maximum atomic E-state index is 9.47. The summed E-state index contributed by atoms with van der Waals surface area (Å²) in [5, 5.41) is 9.47.